The molecule has 1 N–H and O–H groups in total. The van der Waals surface area contributed by atoms with Crippen LogP contribution >= 0.6 is 0 Å². The average Bonchev–Trinajstić information content (AvgIpc) is 2.63. The second-order valence-corrected chi connectivity index (χ2v) is 3.91. The number of ether oxygens (including phenoxy) is 1. The lowest BCUT2D eigenvalue weighted by molar-refractivity contribution is 0.0329. The smallest absolute Gasteiger partial charge is 0.0958 e. The van der Waals surface area contributed by atoms with Gasteiger partial charge >= 0.3 is 0 Å². The Hall–Kier alpha value is -0.610. The van der Waals surface area contributed by atoms with E-state index < -0.39 is 0 Å². The van der Waals surface area contributed by atoms with Gasteiger partial charge in [0.1, 0.15) is 0 Å². The molecule has 1 aliphatic rings. The van der Waals surface area contributed by atoms with Gasteiger partial charge in [-0.05, 0) is 19.8 Å². The number of aliphatic hydroxyl groups excluding tert-OH is 1. The minimum absolute atomic E-state index is 0.305. The predicted molar refractivity (Wildman–Crippen MR) is 61.3 cm³/mol. The first-order chi connectivity index (χ1) is 7.24. The minimum Gasteiger partial charge on any atom is -0.391 e. The molecule has 1 atom stereocenters. The summed E-state index contributed by atoms with van der Waals surface area (Å²) in [6.07, 6.45) is 1.46. The van der Waals surface area contributed by atoms with Gasteiger partial charge in [0.05, 0.1) is 25.1 Å². The van der Waals surface area contributed by atoms with Crippen LogP contribution in [0.5, 0.6) is 0 Å². The fraction of sp³-hybridized carbons (Fsp3) is 0.909. The van der Waals surface area contributed by atoms with Crippen molar-refractivity contribution in [2.75, 3.05) is 32.8 Å². The minimum atomic E-state index is -0.305. The van der Waals surface area contributed by atoms with Gasteiger partial charge in [0.15, 0.2) is 0 Å². The highest BCUT2D eigenvalue weighted by atomic mass is 16.5. The third-order valence-corrected chi connectivity index (χ3v) is 2.67. The van der Waals surface area contributed by atoms with Crippen molar-refractivity contribution in [3.8, 4) is 0 Å². The largest absolute Gasteiger partial charge is 0.391 e. The van der Waals surface area contributed by atoms with Crippen LogP contribution in [0.15, 0.2) is 4.99 Å². The van der Waals surface area contributed by atoms with E-state index in [0.717, 1.165) is 44.9 Å². The van der Waals surface area contributed by atoms with Crippen molar-refractivity contribution in [3.05, 3.63) is 0 Å². The monoisotopic (exact) mass is 214 g/mol. The van der Waals surface area contributed by atoms with Gasteiger partial charge in [0.25, 0.3) is 0 Å². The molecule has 0 aliphatic carbocycles. The van der Waals surface area contributed by atoms with Crippen LogP contribution < -0.4 is 0 Å². The Morgan fingerprint density at radius 2 is 2.40 bits per heavy atom. The van der Waals surface area contributed by atoms with Crippen LogP contribution in [0.25, 0.3) is 0 Å². The SMILES string of the molecule is CCC(O)COCCCN1CCN=C1C. The van der Waals surface area contributed by atoms with Gasteiger partial charge in [0, 0.05) is 19.7 Å². The second-order valence-electron chi connectivity index (χ2n) is 3.91. The molecule has 0 aromatic carbocycles. The van der Waals surface area contributed by atoms with Crippen molar-refractivity contribution in [1.82, 2.24) is 4.90 Å². The first-order valence-electron chi connectivity index (χ1n) is 5.76. The molecule has 1 rings (SSSR count). The average molecular weight is 214 g/mol. The van der Waals surface area contributed by atoms with E-state index in [2.05, 4.69) is 16.8 Å². The Labute approximate surface area is 91.9 Å². The van der Waals surface area contributed by atoms with Crippen LogP contribution in [0, 0.1) is 0 Å². The second kappa shape index (κ2) is 6.80. The maximum atomic E-state index is 9.26. The van der Waals surface area contributed by atoms with Gasteiger partial charge in [-0.25, -0.2) is 0 Å². The lowest BCUT2D eigenvalue weighted by Crippen LogP contribution is -2.27. The Kier molecular flexibility index (Phi) is 5.65. The molecule has 0 aromatic heterocycles. The predicted octanol–water partition coefficient (Wildman–Crippen LogP) is 0.898. The van der Waals surface area contributed by atoms with E-state index in [9.17, 15) is 5.11 Å². The zero-order valence-corrected chi connectivity index (χ0v) is 9.78. The number of rotatable bonds is 7. The normalized spacial score (nSPS) is 18.1. The molecule has 4 nitrogen and oxygen atoms in total. The fourth-order valence-corrected chi connectivity index (χ4v) is 1.56. The molecule has 88 valence electrons. The molecule has 0 fully saturated rings. The summed E-state index contributed by atoms with van der Waals surface area (Å²) in [5, 5.41) is 9.26. The molecular formula is C11H22N2O2. The summed E-state index contributed by atoms with van der Waals surface area (Å²) in [6.45, 7) is 8.18. The number of hydrogen-bond donors (Lipinski definition) is 1. The summed E-state index contributed by atoms with van der Waals surface area (Å²) >= 11 is 0. The summed E-state index contributed by atoms with van der Waals surface area (Å²) < 4.78 is 5.36. The van der Waals surface area contributed by atoms with E-state index in [4.69, 9.17) is 4.74 Å². The van der Waals surface area contributed by atoms with Gasteiger partial charge in [-0.3, -0.25) is 4.99 Å². The van der Waals surface area contributed by atoms with Crippen molar-refractivity contribution in [2.24, 2.45) is 4.99 Å². The highest BCUT2D eigenvalue weighted by molar-refractivity contribution is 5.81. The zero-order valence-electron chi connectivity index (χ0n) is 9.78. The van der Waals surface area contributed by atoms with E-state index in [1.54, 1.807) is 0 Å². The van der Waals surface area contributed by atoms with Crippen molar-refractivity contribution in [1.29, 1.82) is 0 Å². The number of nitrogens with zero attached hydrogens (tertiary/aromatic N) is 2. The van der Waals surface area contributed by atoms with Crippen molar-refractivity contribution < 1.29 is 9.84 Å². The first-order valence-corrected chi connectivity index (χ1v) is 5.76. The van der Waals surface area contributed by atoms with E-state index in [1.807, 2.05) is 6.92 Å². The fourth-order valence-electron chi connectivity index (χ4n) is 1.56. The first kappa shape index (κ1) is 12.5. The molecule has 0 amide bonds. The number of aliphatic imine (C=N–C) groups is 1. The lowest BCUT2D eigenvalue weighted by atomic mass is 10.3. The Morgan fingerprint density at radius 1 is 1.60 bits per heavy atom. The van der Waals surface area contributed by atoms with E-state index in [0.29, 0.717) is 6.61 Å². The van der Waals surface area contributed by atoms with Crippen molar-refractivity contribution >= 4 is 5.84 Å². The molecule has 1 unspecified atom stereocenters. The molecule has 0 saturated carbocycles. The van der Waals surface area contributed by atoms with Crippen molar-refractivity contribution in [2.45, 2.75) is 32.8 Å². The summed E-state index contributed by atoms with van der Waals surface area (Å²) in [5.41, 5.74) is 0. The molecule has 15 heavy (non-hydrogen) atoms. The van der Waals surface area contributed by atoms with Gasteiger partial charge < -0.3 is 14.7 Å². The Morgan fingerprint density at radius 3 is 3.00 bits per heavy atom. The van der Waals surface area contributed by atoms with Crippen LogP contribution in [0.1, 0.15) is 26.7 Å². The van der Waals surface area contributed by atoms with Gasteiger partial charge in [-0.2, -0.15) is 0 Å². The quantitative estimate of drug-likeness (QED) is 0.640. The summed E-state index contributed by atoms with van der Waals surface area (Å²) in [5.74, 6) is 1.14. The number of hydrogen-bond acceptors (Lipinski definition) is 4. The summed E-state index contributed by atoms with van der Waals surface area (Å²) in [7, 11) is 0. The molecule has 0 spiro atoms. The van der Waals surface area contributed by atoms with Gasteiger partial charge in [-0.15, -0.1) is 0 Å². The topological polar surface area (TPSA) is 45.1 Å². The number of amidine groups is 1. The molecular weight excluding hydrogens is 192 g/mol. The van der Waals surface area contributed by atoms with Crippen LogP contribution in [0.3, 0.4) is 0 Å². The third-order valence-electron chi connectivity index (χ3n) is 2.67. The standard InChI is InChI=1S/C11H22N2O2/c1-3-11(14)9-15-8-4-6-13-7-5-12-10(13)2/h11,14H,3-9H2,1-2H3. The molecule has 1 heterocycles. The third kappa shape index (κ3) is 4.62. The van der Waals surface area contributed by atoms with Gasteiger partial charge in [-0.1, -0.05) is 6.92 Å². The lowest BCUT2D eigenvalue weighted by Gasteiger charge is -2.17. The van der Waals surface area contributed by atoms with E-state index in [-0.39, 0.29) is 6.10 Å². The Balaban J connectivity index is 1.95. The molecule has 0 bridgehead atoms. The summed E-state index contributed by atoms with van der Waals surface area (Å²) in [4.78, 5) is 6.60. The molecule has 0 saturated heterocycles. The van der Waals surface area contributed by atoms with Crippen molar-refractivity contribution in [3.63, 3.8) is 0 Å². The van der Waals surface area contributed by atoms with E-state index >= 15 is 0 Å². The summed E-state index contributed by atoms with van der Waals surface area (Å²) in [6, 6.07) is 0. The molecule has 4 heteroatoms. The highest BCUT2D eigenvalue weighted by Crippen LogP contribution is 2.02. The number of aliphatic hydroxyl groups is 1. The maximum absolute atomic E-state index is 9.26. The molecule has 1 aliphatic heterocycles. The van der Waals surface area contributed by atoms with E-state index in [1.165, 1.54) is 0 Å². The van der Waals surface area contributed by atoms with Crippen LogP contribution in [-0.4, -0.2) is 54.8 Å². The molecule has 0 aromatic rings. The van der Waals surface area contributed by atoms with Crippen LogP contribution in [0.2, 0.25) is 0 Å². The Bertz CT molecular complexity index is 207. The van der Waals surface area contributed by atoms with Crippen LogP contribution in [0.4, 0.5) is 0 Å². The highest BCUT2D eigenvalue weighted by Gasteiger charge is 2.11. The molecule has 0 radical (unpaired) electrons. The zero-order chi connectivity index (χ0) is 11.1. The maximum Gasteiger partial charge on any atom is 0.0958 e. The van der Waals surface area contributed by atoms with Crippen LogP contribution in [-0.2, 0) is 4.74 Å². The van der Waals surface area contributed by atoms with Gasteiger partial charge in [0.2, 0.25) is 0 Å².